The van der Waals surface area contributed by atoms with E-state index in [9.17, 15) is 40.7 Å². The van der Waals surface area contributed by atoms with E-state index in [4.69, 9.17) is 0 Å². The summed E-state index contributed by atoms with van der Waals surface area (Å²) < 4.78 is 79.1. The van der Waals surface area contributed by atoms with Crippen molar-refractivity contribution < 1.29 is 40.7 Å². The monoisotopic (exact) mass is 674 g/mol. The number of nitrogens with zero attached hydrogens (tertiary/aromatic N) is 3. The van der Waals surface area contributed by atoms with Crippen molar-refractivity contribution in [1.29, 1.82) is 0 Å². The van der Waals surface area contributed by atoms with Crippen LogP contribution in [0, 0.1) is 0 Å². The van der Waals surface area contributed by atoms with Crippen LogP contribution in [0.15, 0.2) is 78.9 Å². The lowest BCUT2D eigenvalue weighted by Crippen LogP contribution is -2.58. The molecule has 3 aliphatic heterocycles. The number of likely N-dealkylation sites (tertiary alicyclic amines) is 2. The van der Waals surface area contributed by atoms with Gasteiger partial charge in [0, 0.05) is 56.8 Å². The number of benzene rings is 3. The van der Waals surface area contributed by atoms with Crippen molar-refractivity contribution in [3.63, 3.8) is 0 Å². The Bertz CT molecular complexity index is 1560. The Kier molecular flexibility index (Phi) is 10.2. The fourth-order valence-corrected chi connectivity index (χ4v) is 6.54. The molecule has 0 bridgehead atoms. The van der Waals surface area contributed by atoms with Crippen molar-refractivity contribution in [3.05, 3.63) is 101 Å². The van der Waals surface area contributed by atoms with Crippen molar-refractivity contribution in [2.75, 3.05) is 31.1 Å². The molecule has 0 aliphatic carbocycles. The summed E-state index contributed by atoms with van der Waals surface area (Å²) in [5.74, 6) is -0.757. The van der Waals surface area contributed by atoms with Crippen LogP contribution in [0.1, 0.15) is 59.7 Å². The maximum atomic E-state index is 13.2. The van der Waals surface area contributed by atoms with Crippen LogP contribution in [-0.4, -0.2) is 65.3 Å². The third-order valence-corrected chi connectivity index (χ3v) is 9.02. The van der Waals surface area contributed by atoms with Gasteiger partial charge in [-0.25, -0.2) is 0 Å². The molecule has 2 amide bonds. The van der Waals surface area contributed by atoms with Gasteiger partial charge < -0.3 is 15.1 Å². The Morgan fingerprint density at radius 2 is 1.31 bits per heavy atom. The lowest BCUT2D eigenvalue weighted by atomic mass is 9.85. The smallest absolute Gasteiger partial charge is 0.338 e. The van der Waals surface area contributed by atoms with Gasteiger partial charge in [-0.05, 0) is 55.7 Å². The second kappa shape index (κ2) is 14.0. The maximum Gasteiger partial charge on any atom is 0.416 e. The highest BCUT2D eigenvalue weighted by Crippen LogP contribution is 2.40. The first-order valence-corrected chi connectivity index (χ1v) is 15.7. The Balaban J connectivity index is 0.000000267. The summed E-state index contributed by atoms with van der Waals surface area (Å²) in [6.07, 6.45) is -8.61. The summed E-state index contributed by atoms with van der Waals surface area (Å²) in [5.41, 5.74) is -2.62. The zero-order valence-corrected chi connectivity index (χ0v) is 26.3. The molecule has 3 aromatic rings. The van der Waals surface area contributed by atoms with Crippen LogP contribution in [0.2, 0.25) is 0 Å². The number of ketones is 1. The summed E-state index contributed by atoms with van der Waals surface area (Å²) in [6, 6.07) is 20.4. The number of Topliss-reactive ketones (excluding diaryl/α,β-unsaturated/α-hetero) is 1. The second-order valence-corrected chi connectivity index (χ2v) is 12.3. The highest BCUT2D eigenvalue weighted by Gasteiger charge is 2.53. The van der Waals surface area contributed by atoms with Gasteiger partial charge in [0.2, 0.25) is 5.91 Å². The van der Waals surface area contributed by atoms with Gasteiger partial charge >= 0.3 is 12.4 Å². The Labute approximate surface area is 274 Å². The van der Waals surface area contributed by atoms with Crippen LogP contribution in [0.3, 0.4) is 0 Å². The second-order valence-electron chi connectivity index (χ2n) is 12.3. The van der Waals surface area contributed by atoms with Gasteiger partial charge in [-0.2, -0.15) is 26.3 Å². The van der Waals surface area contributed by atoms with E-state index >= 15 is 0 Å². The van der Waals surface area contributed by atoms with E-state index in [2.05, 4.69) is 34.5 Å². The summed E-state index contributed by atoms with van der Waals surface area (Å²) in [4.78, 5) is 42.3. The molecule has 13 heteroatoms. The van der Waals surface area contributed by atoms with Gasteiger partial charge in [-0.3, -0.25) is 19.3 Å². The van der Waals surface area contributed by atoms with Crippen LogP contribution in [0.25, 0.3) is 0 Å². The quantitative estimate of drug-likeness (QED) is 0.319. The molecule has 3 aliphatic rings. The van der Waals surface area contributed by atoms with Gasteiger partial charge in [0.15, 0.2) is 0 Å². The van der Waals surface area contributed by atoms with Gasteiger partial charge in [-0.1, -0.05) is 48.5 Å². The molecule has 48 heavy (non-hydrogen) atoms. The minimum absolute atomic E-state index is 0.0000957. The number of amides is 2. The third-order valence-electron chi connectivity index (χ3n) is 9.02. The fourth-order valence-electron chi connectivity index (χ4n) is 6.54. The fraction of sp³-hybridized carbons (Fsp3) is 0.400. The van der Waals surface area contributed by atoms with Crippen molar-refractivity contribution in [2.24, 2.45) is 0 Å². The van der Waals surface area contributed by atoms with Crippen LogP contribution in [0.4, 0.5) is 32.0 Å². The van der Waals surface area contributed by atoms with Crippen molar-refractivity contribution in [1.82, 2.24) is 15.1 Å². The number of nitrogens with one attached hydrogen (secondary N) is 1. The third kappa shape index (κ3) is 7.83. The average molecular weight is 675 g/mol. The van der Waals surface area contributed by atoms with E-state index in [-0.39, 0.29) is 44.1 Å². The van der Waals surface area contributed by atoms with Crippen molar-refractivity contribution >= 4 is 23.3 Å². The highest BCUT2D eigenvalue weighted by atomic mass is 19.4. The summed E-state index contributed by atoms with van der Waals surface area (Å²) in [7, 11) is 0. The Hall–Kier alpha value is -4.39. The normalized spacial score (nSPS) is 19.9. The molecule has 1 atom stereocenters. The minimum Gasteiger partial charge on any atom is -0.338 e. The van der Waals surface area contributed by atoms with E-state index in [1.165, 1.54) is 10.5 Å². The topological polar surface area (TPSA) is 73.0 Å². The van der Waals surface area contributed by atoms with E-state index in [0.29, 0.717) is 17.9 Å². The molecular weight excluding hydrogens is 638 g/mol. The van der Waals surface area contributed by atoms with Crippen molar-refractivity contribution in [3.8, 4) is 0 Å². The number of carbonyl (C=O) groups excluding carboxylic acids is 3. The van der Waals surface area contributed by atoms with Crippen molar-refractivity contribution in [2.45, 2.75) is 63.2 Å². The first-order chi connectivity index (χ1) is 22.7. The van der Waals surface area contributed by atoms with Crippen LogP contribution in [0.5, 0.6) is 0 Å². The Morgan fingerprint density at radius 1 is 0.792 bits per heavy atom. The first-order valence-electron chi connectivity index (χ1n) is 15.7. The van der Waals surface area contributed by atoms with E-state index < -0.39 is 40.5 Å². The zero-order valence-electron chi connectivity index (χ0n) is 26.3. The number of alkyl halides is 6. The lowest BCUT2D eigenvalue weighted by Gasteiger charge is -2.44. The first kappa shape index (κ1) is 34.9. The SMILES string of the molecule is CC1NC(=O)C2(CCN(C(=O)c3cc(C(F)(F)F)cc(C(F)(F)F)c3)CC2)N1c1ccccc1.O=C1CCN(Cc2ccccc2)CC1. The molecule has 0 saturated carbocycles. The molecule has 7 nitrogen and oxygen atoms in total. The molecule has 6 rings (SSSR count). The molecule has 3 fully saturated rings. The number of carbonyl (C=O) groups is 3. The number of para-hydroxylation sites is 1. The lowest BCUT2D eigenvalue weighted by molar-refractivity contribution is -0.143. The van der Waals surface area contributed by atoms with Crippen LogP contribution in [-0.2, 0) is 28.5 Å². The molecule has 1 spiro atoms. The van der Waals surface area contributed by atoms with Gasteiger partial charge in [0.05, 0.1) is 17.3 Å². The predicted octanol–water partition coefficient (Wildman–Crippen LogP) is 6.53. The summed E-state index contributed by atoms with van der Waals surface area (Å²) in [5, 5.41) is 2.88. The predicted molar refractivity (Wildman–Crippen MR) is 167 cm³/mol. The minimum atomic E-state index is -5.05. The van der Waals surface area contributed by atoms with E-state index in [1.807, 2.05) is 48.2 Å². The van der Waals surface area contributed by atoms with E-state index in [0.717, 1.165) is 38.2 Å². The number of rotatable bonds is 4. The van der Waals surface area contributed by atoms with Gasteiger partial charge in [-0.15, -0.1) is 0 Å². The van der Waals surface area contributed by atoms with Gasteiger partial charge in [0.1, 0.15) is 11.3 Å². The zero-order chi connectivity index (χ0) is 34.7. The number of piperidine rings is 2. The molecule has 256 valence electrons. The standard InChI is InChI=1S/C23H21F6N3O2.C12H15NO/c1-14-30-20(34)21(32(14)18-5-3-2-4-6-18)7-9-31(10-8-21)19(33)15-11-16(22(24,25)26)13-17(12-15)23(27,28)29;14-12-6-8-13(9-7-12)10-11-4-2-1-3-5-11/h2-6,11-14H,7-10H2,1H3,(H,30,34);1-5H,6-10H2. The summed E-state index contributed by atoms with van der Waals surface area (Å²) in [6.45, 7) is 4.65. The Morgan fingerprint density at radius 3 is 1.83 bits per heavy atom. The molecule has 0 aromatic heterocycles. The molecule has 3 saturated heterocycles. The van der Waals surface area contributed by atoms with Gasteiger partial charge in [0.25, 0.3) is 5.91 Å². The van der Waals surface area contributed by atoms with Crippen LogP contribution < -0.4 is 10.2 Å². The molecule has 3 aromatic carbocycles. The number of halogens is 6. The largest absolute Gasteiger partial charge is 0.416 e. The maximum absolute atomic E-state index is 13.2. The number of anilines is 1. The van der Waals surface area contributed by atoms with Crippen LogP contribution >= 0.6 is 0 Å². The van der Waals surface area contributed by atoms with E-state index in [1.54, 1.807) is 0 Å². The molecule has 3 heterocycles. The molecule has 1 unspecified atom stereocenters. The molecule has 1 N–H and O–H groups in total. The number of hydrogen-bond acceptors (Lipinski definition) is 5. The molecular formula is C35H36F6N4O3. The molecule has 0 radical (unpaired) electrons. The highest BCUT2D eigenvalue weighted by molar-refractivity contribution is 5.97. The number of hydrogen-bond donors (Lipinski definition) is 1. The summed E-state index contributed by atoms with van der Waals surface area (Å²) >= 11 is 0. The average Bonchev–Trinajstić information content (AvgIpc) is 3.30.